The minimum atomic E-state index is -0.638. The zero-order valence-corrected chi connectivity index (χ0v) is 25.0. The maximum Gasteiger partial charge on any atom is 0.229 e. The van der Waals surface area contributed by atoms with Gasteiger partial charge in [0.2, 0.25) is 5.95 Å². The molecular formula is C31H40F2N8. The van der Waals surface area contributed by atoms with Crippen LogP contribution in [0.15, 0.2) is 36.7 Å². The van der Waals surface area contributed by atoms with Crippen LogP contribution in [-0.2, 0) is 0 Å². The number of hydrogen-bond donors (Lipinski definition) is 1. The smallest absolute Gasteiger partial charge is 0.229 e. The van der Waals surface area contributed by atoms with Crippen LogP contribution >= 0.6 is 0 Å². The molecule has 1 atom stereocenters. The number of imidazole rings is 1. The first kappa shape index (κ1) is 29.0. The molecule has 0 spiro atoms. The van der Waals surface area contributed by atoms with Gasteiger partial charge >= 0.3 is 0 Å². The number of aromatic nitrogens is 5. The first-order chi connectivity index (χ1) is 19.5. The van der Waals surface area contributed by atoms with Crippen LogP contribution in [0.4, 0.5) is 20.5 Å². The Morgan fingerprint density at radius 3 is 2.29 bits per heavy atom. The van der Waals surface area contributed by atoms with Crippen LogP contribution in [0.25, 0.3) is 22.3 Å². The van der Waals surface area contributed by atoms with Gasteiger partial charge in [-0.2, -0.15) is 0 Å². The Balaban J connectivity index is 1.40. The highest BCUT2D eigenvalue weighted by Crippen LogP contribution is 2.38. The molecule has 0 amide bonds. The van der Waals surface area contributed by atoms with Crippen molar-refractivity contribution in [3.8, 4) is 11.3 Å². The van der Waals surface area contributed by atoms with Crippen LogP contribution in [0.3, 0.4) is 0 Å². The normalized spacial score (nSPS) is 16.0. The van der Waals surface area contributed by atoms with Crippen molar-refractivity contribution in [1.29, 1.82) is 0 Å². The number of benzene rings is 1. The zero-order chi connectivity index (χ0) is 29.5. The molecule has 41 heavy (non-hydrogen) atoms. The summed E-state index contributed by atoms with van der Waals surface area (Å²) in [5.74, 6) is 0.266. The number of anilines is 2. The summed E-state index contributed by atoms with van der Waals surface area (Å²) in [7, 11) is 0. The van der Waals surface area contributed by atoms with Gasteiger partial charge in [-0.25, -0.2) is 28.7 Å². The number of halogens is 2. The van der Waals surface area contributed by atoms with E-state index in [1.165, 1.54) is 6.07 Å². The number of hydrogen-bond acceptors (Lipinski definition) is 7. The maximum absolute atomic E-state index is 15.1. The molecule has 0 radical (unpaired) electrons. The van der Waals surface area contributed by atoms with Gasteiger partial charge in [-0.05, 0) is 56.5 Å². The Bertz CT molecular complexity index is 1520. The molecule has 4 aromatic rings. The predicted octanol–water partition coefficient (Wildman–Crippen LogP) is 6.52. The molecule has 0 bridgehead atoms. The van der Waals surface area contributed by atoms with Gasteiger partial charge in [0.25, 0.3) is 0 Å². The van der Waals surface area contributed by atoms with E-state index in [0.29, 0.717) is 22.7 Å². The van der Waals surface area contributed by atoms with E-state index in [4.69, 9.17) is 0 Å². The van der Waals surface area contributed by atoms with Crippen molar-refractivity contribution in [3.05, 3.63) is 59.7 Å². The number of rotatable bonds is 7. The van der Waals surface area contributed by atoms with Gasteiger partial charge in [0.05, 0.1) is 11.7 Å². The molecule has 1 saturated heterocycles. The topological polar surface area (TPSA) is 75.0 Å². The van der Waals surface area contributed by atoms with E-state index in [1.54, 1.807) is 6.07 Å². The SMILES string of the molecule is CCN1CCN(C(c2ccc(Nc3ncc(F)c(-c4cc(F)c5nc(C)n(C(C)C)c5c4)n3)nc2)C(C)(C)C)CC1. The number of nitrogens with zero attached hydrogens (tertiary/aromatic N) is 7. The molecule has 8 nitrogen and oxygen atoms in total. The molecular weight excluding hydrogens is 522 g/mol. The molecule has 0 saturated carbocycles. The van der Waals surface area contributed by atoms with Gasteiger partial charge < -0.3 is 14.8 Å². The summed E-state index contributed by atoms with van der Waals surface area (Å²) in [6, 6.07) is 7.28. The summed E-state index contributed by atoms with van der Waals surface area (Å²) in [6.07, 6.45) is 2.99. The molecule has 1 aliphatic rings. The lowest BCUT2D eigenvalue weighted by Gasteiger charge is -2.44. The minimum absolute atomic E-state index is 0.00750. The number of likely N-dealkylation sites (N-methyl/N-ethyl adjacent to an activating group) is 1. The van der Waals surface area contributed by atoms with Crippen LogP contribution in [0.2, 0.25) is 0 Å². The van der Waals surface area contributed by atoms with Crippen LogP contribution in [0.1, 0.15) is 65.0 Å². The first-order valence-electron chi connectivity index (χ1n) is 14.4. The van der Waals surface area contributed by atoms with Crippen molar-refractivity contribution in [3.63, 3.8) is 0 Å². The molecule has 218 valence electrons. The standard InChI is InChI=1S/C31H40F2N8/c1-8-39-11-13-40(14-12-39)29(31(5,6)7)21-9-10-26(34-17-21)37-30-35-18-24(33)27(38-30)22-15-23(32)28-25(16-22)41(19(2)3)20(4)36-28/h9-10,15-19,29H,8,11-14H2,1-7H3,(H,34,35,37,38). The van der Waals surface area contributed by atoms with Gasteiger partial charge in [0.1, 0.15) is 22.9 Å². The highest BCUT2D eigenvalue weighted by molar-refractivity contribution is 5.83. The Morgan fingerprint density at radius 2 is 1.68 bits per heavy atom. The second-order valence-corrected chi connectivity index (χ2v) is 12.2. The average molecular weight is 563 g/mol. The minimum Gasteiger partial charge on any atom is -0.326 e. The van der Waals surface area contributed by atoms with Gasteiger partial charge in [-0.15, -0.1) is 0 Å². The molecule has 1 N–H and O–H groups in total. The molecule has 0 aliphatic carbocycles. The summed E-state index contributed by atoms with van der Waals surface area (Å²) in [5.41, 5.74) is 2.36. The fourth-order valence-electron chi connectivity index (χ4n) is 6.04. The van der Waals surface area contributed by atoms with Crippen molar-refractivity contribution in [2.75, 3.05) is 38.0 Å². The van der Waals surface area contributed by atoms with Crippen molar-refractivity contribution < 1.29 is 8.78 Å². The fourth-order valence-corrected chi connectivity index (χ4v) is 6.04. The molecule has 1 aliphatic heterocycles. The highest BCUT2D eigenvalue weighted by Gasteiger charge is 2.33. The Kier molecular flexibility index (Phi) is 8.07. The summed E-state index contributed by atoms with van der Waals surface area (Å²) in [5, 5.41) is 3.09. The zero-order valence-electron chi connectivity index (χ0n) is 25.0. The van der Waals surface area contributed by atoms with Gasteiger partial charge in [-0.1, -0.05) is 33.8 Å². The summed E-state index contributed by atoms with van der Waals surface area (Å²) < 4.78 is 31.9. The first-order valence-corrected chi connectivity index (χ1v) is 14.4. The van der Waals surface area contributed by atoms with Crippen LogP contribution in [0, 0.1) is 24.0 Å². The van der Waals surface area contributed by atoms with E-state index in [1.807, 2.05) is 37.6 Å². The highest BCUT2D eigenvalue weighted by atomic mass is 19.1. The van der Waals surface area contributed by atoms with Gasteiger partial charge in [-0.3, -0.25) is 4.90 Å². The third kappa shape index (κ3) is 5.94. The lowest BCUT2D eigenvalue weighted by atomic mass is 9.81. The van der Waals surface area contributed by atoms with E-state index < -0.39 is 11.6 Å². The van der Waals surface area contributed by atoms with Crippen LogP contribution in [-0.4, -0.2) is 67.0 Å². The Hall–Kier alpha value is -3.50. The number of aryl methyl sites for hydroxylation is 1. The number of fused-ring (bicyclic) bond motifs is 1. The van der Waals surface area contributed by atoms with E-state index in [2.05, 4.69) is 68.8 Å². The van der Waals surface area contributed by atoms with Gasteiger partial charge in [0, 0.05) is 50.0 Å². The molecule has 1 unspecified atom stereocenters. The summed E-state index contributed by atoms with van der Waals surface area (Å²) >= 11 is 0. The predicted molar refractivity (Wildman–Crippen MR) is 159 cm³/mol. The van der Waals surface area contributed by atoms with E-state index >= 15 is 4.39 Å². The van der Waals surface area contributed by atoms with Crippen LogP contribution < -0.4 is 5.32 Å². The van der Waals surface area contributed by atoms with Crippen molar-refractivity contribution in [2.24, 2.45) is 5.41 Å². The second-order valence-electron chi connectivity index (χ2n) is 12.2. The molecule has 5 rings (SSSR count). The molecule has 3 aromatic heterocycles. The van der Waals surface area contributed by atoms with Crippen molar-refractivity contribution in [2.45, 2.75) is 60.5 Å². The average Bonchev–Trinajstić information content (AvgIpc) is 3.27. The lowest BCUT2D eigenvalue weighted by Crippen LogP contribution is -2.49. The number of pyridine rings is 1. The van der Waals surface area contributed by atoms with Crippen molar-refractivity contribution in [1.82, 2.24) is 34.3 Å². The van der Waals surface area contributed by atoms with Crippen molar-refractivity contribution >= 4 is 22.8 Å². The van der Waals surface area contributed by atoms with E-state index in [-0.39, 0.29) is 34.7 Å². The monoisotopic (exact) mass is 562 g/mol. The van der Waals surface area contributed by atoms with Gasteiger partial charge in [0.15, 0.2) is 11.6 Å². The van der Waals surface area contributed by atoms with E-state index in [0.717, 1.165) is 44.5 Å². The number of piperazine rings is 1. The molecule has 10 heteroatoms. The quantitative estimate of drug-likeness (QED) is 0.275. The van der Waals surface area contributed by atoms with Crippen LogP contribution in [0.5, 0.6) is 0 Å². The Labute approximate surface area is 240 Å². The lowest BCUT2D eigenvalue weighted by molar-refractivity contribution is 0.0463. The second kappa shape index (κ2) is 11.4. The third-order valence-corrected chi connectivity index (χ3v) is 7.84. The molecule has 4 heterocycles. The maximum atomic E-state index is 15.1. The summed E-state index contributed by atoms with van der Waals surface area (Å²) in [6.45, 7) is 20.1. The molecule has 1 aromatic carbocycles. The Morgan fingerprint density at radius 1 is 0.951 bits per heavy atom. The third-order valence-electron chi connectivity index (χ3n) is 7.84. The largest absolute Gasteiger partial charge is 0.326 e. The van der Waals surface area contributed by atoms with E-state index in [9.17, 15) is 4.39 Å². The summed E-state index contributed by atoms with van der Waals surface area (Å²) in [4.78, 5) is 22.6. The fraction of sp³-hybridized carbons (Fsp3) is 0.484. The number of nitrogens with one attached hydrogen (secondary N) is 1. The molecule has 1 fully saturated rings.